The van der Waals surface area contributed by atoms with E-state index in [0.29, 0.717) is 11.5 Å². The van der Waals surface area contributed by atoms with Gasteiger partial charge in [-0.3, -0.25) is 4.79 Å². The SMILES string of the molecule is CCCC1CCC(c2ccc(-c3ccc4c(c3)C=CC(=O)C4(F)F)cc2)CC1. The van der Waals surface area contributed by atoms with Crippen LogP contribution in [0.4, 0.5) is 8.78 Å². The van der Waals surface area contributed by atoms with Crippen LogP contribution in [0, 0.1) is 5.92 Å². The average Bonchev–Trinajstić information content (AvgIpc) is 2.72. The standard InChI is InChI=1S/C25H26F2O/c1-2-3-17-4-6-18(7-5-17)19-8-10-20(11-9-19)21-12-14-23-22(16-21)13-15-24(28)25(23,26)27/h8-18H,2-7H2,1H3. The summed E-state index contributed by atoms with van der Waals surface area (Å²) in [5.41, 5.74) is 3.50. The van der Waals surface area contributed by atoms with Gasteiger partial charge in [-0.15, -0.1) is 0 Å². The second kappa shape index (κ2) is 7.62. The van der Waals surface area contributed by atoms with E-state index in [-0.39, 0.29) is 5.56 Å². The summed E-state index contributed by atoms with van der Waals surface area (Å²) in [6.45, 7) is 2.26. The van der Waals surface area contributed by atoms with Gasteiger partial charge >= 0.3 is 5.92 Å². The molecule has 0 bridgehead atoms. The fourth-order valence-corrected chi connectivity index (χ4v) is 4.71. The van der Waals surface area contributed by atoms with Crippen molar-refractivity contribution < 1.29 is 13.6 Å². The van der Waals surface area contributed by atoms with Crippen LogP contribution in [0.3, 0.4) is 0 Å². The maximum absolute atomic E-state index is 14.1. The van der Waals surface area contributed by atoms with E-state index in [4.69, 9.17) is 0 Å². The van der Waals surface area contributed by atoms with E-state index in [0.717, 1.165) is 23.1 Å². The van der Waals surface area contributed by atoms with Gasteiger partial charge in [0.1, 0.15) is 0 Å². The molecular formula is C25H26F2O. The summed E-state index contributed by atoms with van der Waals surface area (Å²) in [5, 5.41) is 0. The molecule has 0 amide bonds. The Kier molecular flexibility index (Phi) is 5.18. The molecule has 4 rings (SSSR count). The molecule has 0 radical (unpaired) electrons. The average molecular weight is 380 g/mol. The maximum atomic E-state index is 14.1. The number of halogens is 2. The van der Waals surface area contributed by atoms with Crippen LogP contribution in [0.5, 0.6) is 0 Å². The van der Waals surface area contributed by atoms with Crippen molar-refractivity contribution >= 4 is 11.9 Å². The van der Waals surface area contributed by atoms with Crippen molar-refractivity contribution in [3.63, 3.8) is 0 Å². The van der Waals surface area contributed by atoms with Crippen LogP contribution in [0.2, 0.25) is 0 Å². The number of hydrogen-bond donors (Lipinski definition) is 0. The van der Waals surface area contributed by atoms with Crippen molar-refractivity contribution in [2.24, 2.45) is 5.92 Å². The first-order valence-electron chi connectivity index (χ1n) is 10.3. The van der Waals surface area contributed by atoms with Crippen LogP contribution < -0.4 is 0 Å². The highest BCUT2D eigenvalue weighted by Gasteiger charge is 2.42. The van der Waals surface area contributed by atoms with Crippen molar-refractivity contribution in [3.05, 3.63) is 65.2 Å². The predicted octanol–water partition coefficient (Wildman–Crippen LogP) is 7.12. The van der Waals surface area contributed by atoms with Gasteiger partial charge < -0.3 is 0 Å². The second-order valence-corrected chi connectivity index (χ2v) is 8.20. The molecule has 2 aliphatic carbocycles. The first-order chi connectivity index (χ1) is 13.5. The molecule has 0 aromatic heterocycles. The monoisotopic (exact) mass is 380 g/mol. The maximum Gasteiger partial charge on any atom is 0.334 e. The molecule has 1 saturated carbocycles. The molecule has 0 N–H and O–H groups in total. The van der Waals surface area contributed by atoms with Crippen LogP contribution >= 0.6 is 0 Å². The number of carbonyl (C=O) groups is 1. The van der Waals surface area contributed by atoms with E-state index in [1.807, 2.05) is 0 Å². The number of benzene rings is 2. The van der Waals surface area contributed by atoms with Crippen molar-refractivity contribution in [2.75, 3.05) is 0 Å². The second-order valence-electron chi connectivity index (χ2n) is 8.20. The number of fused-ring (bicyclic) bond motifs is 1. The summed E-state index contributed by atoms with van der Waals surface area (Å²) in [6, 6.07) is 13.4. The molecule has 0 unspecified atom stereocenters. The Bertz CT molecular complexity index is 887. The lowest BCUT2D eigenvalue weighted by Crippen LogP contribution is -2.27. The Morgan fingerprint density at radius 1 is 0.929 bits per heavy atom. The van der Waals surface area contributed by atoms with Gasteiger partial charge in [-0.1, -0.05) is 62.2 Å². The third kappa shape index (κ3) is 3.55. The first kappa shape index (κ1) is 19.0. The Morgan fingerprint density at radius 2 is 1.61 bits per heavy atom. The fraction of sp³-hybridized carbons (Fsp3) is 0.400. The van der Waals surface area contributed by atoms with Crippen LogP contribution in [-0.4, -0.2) is 5.78 Å². The molecule has 0 heterocycles. The minimum atomic E-state index is -3.43. The predicted molar refractivity (Wildman–Crippen MR) is 109 cm³/mol. The lowest BCUT2D eigenvalue weighted by atomic mass is 9.77. The molecule has 1 fully saturated rings. The van der Waals surface area contributed by atoms with E-state index < -0.39 is 11.7 Å². The number of hydrogen-bond acceptors (Lipinski definition) is 1. The van der Waals surface area contributed by atoms with Gasteiger partial charge in [0.05, 0.1) is 0 Å². The molecule has 146 valence electrons. The van der Waals surface area contributed by atoms with E-state index >= 15 is 0 Å². The van der Waals surface area contributed by atoms with E-state index in [2.05, 4.69) is 31.2 Å². The van der Waals surface area contributed by atoms with Crippen LogP contribution in [0.1, 0.15) is 68.1 Å². The summed E-state index contributed by atoms with van der Waals surface area (Å²) in [7, 11) is 0. The van der Waals surface area contributed by atoms with E-state index in [1.165, 1.54) is 56.2 Å². The smallest absolute Gasteiger partial charge is 0.288 e. The zero-order valence-electron chi connectivity index (χ0n) is 16.3. The highest BCUT2D eigenvalue weighted by atomic mass is 19.3. The van der Waals surface area contributed by atoms with Gasteiger partial charge in [0.2, 0.25) is 5.78 Å². The number of ketones is 1. The zero-order valence-corrected chi connectivity index (χ0v) is 16.3. The van der Waals surface area contributed by atoms with Crippen LogP contribution in [0.15, 0.2) is 48.5 Å². The van der Waals surface area contributed by atoms with Crippen molar-refractivity contribution in [2.45, 2.75) is 57.3 Å². The van der Waals surface area contributed by atoms with Gasteiger partial charge in [-0.25, -0.2) is 0 Å². The summed E-state index contributed by atoms with van der Waals surface area (Å²) in [5.74, 6) is -3.04. The molecule has 28 heavy (non-hydrogen) atoms. The quantitative estimate of drug-likeness (QED) is 0.552. The molecule has 2 aromatic rings. The van der Waals surface area contributed by atoms with Crippen molar-refractivity contribution in [1.29, 1.82) is 0 Å². The Labute approximate surface area is 165 Å². The van der Waals surface area contributed by atoms with Gasteiger partial charge in [-0.2, -0.15) is 8.78 Å². The van der Waals surface area contributed by atoms with Crippen LogP contribution in [-0.2, 0) is 10.7 Å². The number of rotatable bonds is 4. The van der Waals surface area contributed by atoms with Gasteiger partial charge in [0.25, 0.3) is 0 Å². The molecule has 0 atom stereocenters. The molecule has 3 heteroatoms. The van der Waals surface area contributed by atoms with Gasteiger partial charge in [-0.05, 0) is 71.9 Å². The number of alkyl halides is 2. The molecule has 0 saturated heterocycles. The Hall–Kier alpha value is -2.29. The largest absolute Gasteiger partial charge is 0.334 e. The highest BCUT2D eigenvalue weighted by molar-refractivity contribution is 6.03. The highest BCUT2D eigenvalue weighted by Crippen LogP contribution is 2.40. The van der Waals surface area contributed by atoms with E-state index in [9.17, 15) is 13.6 Å². The van der Waals surface area contributed by atoms with Gasteiger partial charge in [0.15, 0.2) is 0 Å². The summed E-state index contributed by atoms with van der Waals surface area (Å²) in [6.07, 6.45) is 10.3. The third-order valence-corrected chi connectivity index (χ3v) is 6.37. The van der Waals surface area contributed by atoms with Crippen molar-refractivity contribution in [3.8, 4) is 11.1 Å². The fourth-order valence-electron chi connectivity index (χ4n) is 4.71. The number of allylic oxidation sites excluding steroid dienone is 1. The van der Waals surface area contributed by atoms with E-state index in [1.54, 1.807) is 12.1 Å². The molecule has 1 nitrogen and oxygen atoms in total. The summed E-state index contributed by atoms with van der Waals surface area (Å²) in [4.78, 5) is 11.4. The van der Waals surface area contributed by atoms with Crippen LogP contribution in [0.25, 0.3) is 17.2 Å². The number of carbonyl (C=O) groups excluding carboxylic acids is 1. The lowest BCUT2D eigenvalue weighted by molar-refractivity contribution is -0.139. The minimum absolute atomic E-state index is 0.204. The summed E-state index contributed by atoms with van der Waals surface area (Å²) < 4.78 is 28.1. The summed E-state index contributed by atoms with van der Waals surface area (Å²) >= 11 is 0. The van der Waals surface area contributed by atoms with Crippen molar-refractivity contribution in [1.82, 2.24) is 0 Å². The molecule has 0 spiro atoms. The minimum Gasteiger partial charge on any atom is -0.288 e. The Morgan fingerprint density at radius 3 is 2.29 bits per heavy atom. The van der Waals surface area contributed by atoms with Gasteiger partial charge in [0, 0.05) is 5.56 Å². The third-order valence-electron chi connectivity index (χ3n) is 6.37. The zero-order chi connectivity index (χ0) is 19.7. The normalized spacial score (nSPS) is 23.5. The lowest BCUT2D eigenvalue weighted by Gasteiger charge is -2.28. The topological polar surface area (TPSA) is 17.1 Å². The first-order valence-corrected chi connectivity index (χ1v) is 10.3. The molecule has 2 aliphatic rings. The molecular weight excluding hydrogens is 354 g/mol. The molecule has 0 aliphatic heterocycles. The molecule has 2 aromatic carbocycles. The Balaban J connectivity index is 1.51.